The maximum Gasteiger partial charge on any atom is 0.170 e. The third-order valence-electron chi connectivity index (χ3n) is 5.92. The fraction of sp³-hybridized carbons (Fsp3) is 0.0833. The van der Waals surface area contributed by atoms with Gasteiger partial charge in [0, 0.05) is 24.9 Å². The predicted octanol–water partition coefficient (Wildman–Crippen LogP) is 4.23. The third kappa shape index (κ3) is 2.33. The Morgan fingerprint density at radius 3 is 1.97 bits per heavy atom. The van der Waals surface area contributed by atoms with Crippen LogP contribution in [0.4, 0.5) is 22.7 Å². The molecule has 0 aromatic heterocycles. The van der Waals surface area contributed by atoms with Crippen molar-refractivity contribution in [2.24, 2.45) is 0 Å². The van der Waals surface area contributed by atoms with Gasteiger partial charge in [-0.3, -0.25) is 0 Å². The quantitative estimate of drug-likeness (QED) is 0.413. The van der Waals surface area contributed by atoms with Crippen molar-refractivity contribution in [2.75, 3.05) is 34.5 Å². The second-order valence-electron chi connectivity index (χ2n) is 7.44. The van der Waals surface area contributed by atoms with Crippen molar-refractivity contribution in [3.63, 3.8) is 0 Å². The van der Waals surface area contributed by atoms with Gasteiger partial charge in [0.2, 0.25) is 0 Å². The van der Waals surface area contributed by atoms with E-state index in [2.05, 4.69) is 10.6 Å². The minimum Gasteiger partial charge on any atom is -0.338 e. The summed E-state index contributed by atoms with van der Waals surface area (Å²) in [6.45, 7) is 0. The van der Waals surface area contributed by atoms with E-state index in [4.69, 9.17) is 0 Å². The summed E-state index contributed by atoms with van der Waals surface area (Å²) in [5, 5.41) is 47.7. The first-order valence-corrected chi connectivity index (χ1v) is 9.67. The van der Waals surface area contributed by atoms with Crippen LogP contribution in [0.1, 0.15) is 0 Å². The van der Waals surface area contributed by atoms with E-state index in [1.54, 1.807) is 0 Å². The molecule has 2 aliphatic rings. The molecule has 5 rings (SSSR count). The molecule has 2 heterocycles. The molecule has 2 aliphatic heterocycles. The molecule has 3 aromatic carbocycles. The van der Waals surface area contributed by atoms with Crippen molar-refractivity contribution in [1.29, 1.82) is 21.0 Å². The van der Waals surface area contributed by atoms with Gasteiger partial charge in [0.25, 0.3) is 0 Å². The topological polar surface area (TPSA) is 126 Å². The van der Waals surface area contributed by atoms with Gasteiger partial charge in [0.1, 0.15) is 35.9 Å². The Balaban J connectivity index is 1.81. The molecule has 0 spiro atoms. The number of fused-ring (bicyclic) bond motifs is 7. The Hall–Kier alpha value is -5.18. The molecule has 0 fully saturated rings. The molecular weight excluding hydrogens is 400 g/mol. The number of anilines is 4. The smallest absolute Gasteiger partial charge is 0.170 e. The summed E-state index contributed by atoms with van der Waals surface area (Å²) in [6, 6.07) is 19.7. The standard InChI is InChI=1S/C24H14N8/c1-31-19-8-4-13-3-5-17-16(20(13)21(19)30-24(31)15(11-27)12-28)6-7-18-22(17)32(2)23(29-18)14(9-25)10-26/h3-8,29-30H,1-2H3. The zero-order valence-corrected chi connectivity index (χ0v) is 17.1. The minimum absolute atomic E-state index is 0.0112. The van der Waals surface area contributed by atoms with Crippen molar-refractivity contribution in [2.45, 2.75) is 0 Å². The lowest BCUT2D eigenvalue weighted by atomic mass is 9.98. The van der Waals surface area contributed by atoms with E-state index >= 15 is 0 Å². The Morgan fingerprint density at radius 2 is 1.31 bits per heavy atom. The second kappa shape index (κ2) is 6.67. The number of rotatable bonds is 0. The number of allylic oxidation sites excluding steroid dienone is 2. The Labute approximate surface area is 183 Å². The van der Waals surface area contributed by atoms with Gasteiger partial charge in [-0.15, -0.1) is 0 Å². The van der Waals surface area contributed by atoms with Crippen LogP contribution < -0.4 is 20.4 Å². The van der Waals surface area contributed by atoms with Gasteiger partial charge in [-0.2, -0.15) is 21.0 Å². The first-order chi connectivity index (χ1) is 15.5. The van der Waals surface area contributed by atoms with E-state index in [9.17, 15) is 21.0 Å². The highest BCUT2D eigenvalue weighted by atomic mass is 15.3. The van der Waals surface area contributed by atoms with Crippen LogP contribution >= 0.6 is 0 Å². The number of nitriles is 4. The molecule has 0 saturated carbocycles. The first kappa shape index (κ1) is 18.8. The molecule has 150 valence electrons. The summed E-state index contributed by atoms with van der Waals surface area (Å²) in [5.41, 5.74) is 3.40. The Morgan fingerprint density at radius 1 is 0.719 bits per heavy atom. The van der Waals surface area contributed by atoms with Crippen LogP contribution in [0.3, 0.4) is 0 Å². The molecule has 0 atom stereocenters. The molecular formula is C24H14N8. The van der Waals surface area contributed by atoms with E-state index in [-0.39, 0.29) is 11.1 Å². The lowest BCUT2D eigenvalue weighted by Crippen LogP contribution is -2.16. The largest absolute Gasteiger partial charge is 0.338 e. The van der Waals surface area contributed by atoms with Crippen LogP contribution in [0.15, 0.2) is 59.2 Å². The summed E-state index contributed by atoms with van der Waals surface area (Å²) < 4.78 is 0. The predicted molar refractivity (Wildman–Crippen MR) is 122 cm³/mol. The molecule has 8 heteroatoms. The van der Waals surface area contributed by atoms with Crippen LogP contribution in [0.5, 0.6) is 0 Å². The van der Waals surface area contributed by atoms with Gasteiger partial charge in [-0.1, -0.05) is 24.3 Å². The summed E-state index contributed by atoms with van der Waals surface area (Å²) >= 11 is 0. The molecule has 0 unspecified atom stereocenters. The van der Waals surface area contributed by atoms with E-state index in [0.717, 1.165) is 44.3 Å². The molecule has 3 aromatic rings. The fourth-order valence-corrected chi connectivity index (χ4v) is 4.44. The maximum absolute atomic E-state index is 9.35. The highest BCUT2D eigenvalue weighted by Gasteiger charge is 2.29. The number of benzene rings is 3. The highest BCUT2D eigenvalue weighted by molar-refractivity contribution is 6.21. The summed E-state index contributed by atoms with van der Waals surface area (Å²) in [4.78, 5) is 3.63. The van der Waals surface area contributed by atoms with Crippen LogP contribution in [0.2, 0.25) is 0 Å². The monoisotopic (exact) mass is 414 g/mol. The van der Waals surface area contributed by atoms with E-state index in [1.165, 1.54) is 0 Å². The van der Waals surface area contributed by atoms with Gasteiger partial charge in [0.05, 0.1) is 22.7 Å². The summed E-state index contributed by atoms with van der Waals surface area (Å²) in [5.74, 6) is 0.902. The molecule has 0 amide bonds. The molecule has 0 bridgehead atoms. The van der Waals surface area contributed by atoms with Crippen molar-refractivity contribution in [3.8, 4) is 24.3 Å². The molecule has 32 heavy (non-hydrogen) atoms. The number of nitrogens with zero attached hydrogens (tertiary/aromatic N) is 6. The molecule has 2 N–H and O–H groups in total. The van der Waals surface area contributed by atoms with Gasteiger partial charge in [0.15, 0.2) is 11.1 Å². The minimum atomic E-state index is 0.0112. The number of hydrogen-bond acceptors (Lipinski definition) is 8. The molecule has 0 radical (unpaired) electrons. The van der Waals surface area contributed by atoms with Gasteiger partial charge in [-0.05, 0) is 22.9 Å². The Kier molecular flexibility index (Phi) is 3.93. The second-order valence-corrected chi connectivity index (χ2v) is 7.44. The van der Waals surface area contributed by atoms with Crippen LogP contribution in [-0.2, 0) is 0 Å². The molecule has 0 aliphatic carbocycles. The average Bonchev–Trinajstić information content (AvgIpc) is 3.33. The van der Waals surface area contributed by atoms with Crippen molar-refractivity contribution in [3.05, 3.63) is 59.2 Å². The summed E-state index contributed by atoms with van der Waals surface area (Å²) in [6.07, 6.45) is 0. The third-order valence-corrected chi connectivity index (χ3v) is 5.92. The number of hydrogen-bond donors (Lipinski definition) is 2. The summed E-state index contributed by atoms with van der Waals surface area (Å²) in [7, 11) is 3.64. The van der Waals surface area contributed by atoms with Crippen molar-refractivity contribution >= 4 is 44.3 Å². The van der Waals surface area contributed by atoms with Crippen LogP contribution in [0.25, 0.3) is 21.5 Å². The van der Waals surface area contributed by atoms with E-state index < -0.39 is 0 Å². The fourth-order valence-electron chi connectivity index (χ4n) is 4.44. The maximum atomic E-state index is 9.35. The highest BCUT2D eigenvalue weighted by Crippen LogP contribution is 2.48. The zero-order chi connectivity index (χ0) is 22.6. The van der Waals surface area contributed by atoms with E-state index in [1.807, 2.05) is 84.6 Å². The normalized spacial score (nSPS) is 13.4. The van der Waals surface area contributed by atoms with Gasteiger partial charge >= 0.3 is 0 Å². The van der Waals surface area contributed by atoms with Crippen molar-refractivity contribution in [1.82, 2.24) is 0 Å². The van der Waals surface area contributed by atoms with E-state index in [0.29, 0.717) is 11.6 Å². The van der Waals surface area contributed by atoms with Crippen LogP contribution in [0, 0.1) is 45.3 Å². The van der Waals surface area contributed by atoms with Gasteiger partial charge < -0.3 is 20.4 Å². The lowest BCUT2D eigenvalue weighted by molar-refractivity contribution is 1.14. The SMILES string of the molecule is CN1C(=C(C#N)C#N)Nc2c1ccc1ccc3c4c(ccc3c21)NC(=C(C#N)C#N)N4C. The first-order valence-electron chi connectivity index (χ1n) is 9.67. The Bertz CT molecular complexity index is 1570. The number of nitrogens with one attached hydrogen (secondary N) is 2. The molecule has 8 nitrogen and oxygen atoms in total. The molecule has 0 saturated heterocycles. The lowest BCUT2D eigenvalue weighted by Gasteiger charge is -2.17. The van der Waals surface area contributed by atoms with Gasteiger partial charge in [-0.25, -0.2) is 0 Å². The van der Waals surface area contributed by atoms with Crippen LogP contribution in [-0.4, -0.2) is 14.1 Å². The van der Waals surface area contributed by atoms with Crippen molar-refractivity contribution < 1.29 is 0 Å². The average molecular weight is 414 g/mol. The zero-order valence-electron chi connectivity index (χ0n) is 17.1.